The van der Waals surface area contributed by atoms with Crippen molar-refractivity contribution in [3.05, 3.63) is 48.0 Å². The van der Waals surface area contributed by atoms with Crippen LogP contribution in [0.4, 0.5) is 0 Å². The van der Waals surface area contributed by atoms with Crippen LogP contribution in [0, 0.1) is 0 Å². The van der Waals surface area contributed by atoms with Gasteiger partial charge in [-0.25, -0.2) is 0 Å². The SMILES string of the molecule is C=C(C=N[C@H](C)C(C)(C)I)Cc1ccccc1. The number of aliphatic imine (C=N–C) groups is 1. The van der Waals surface area contributed by atoms with E-state index in [2.05, 4.69) is 79.2 Å². The second-order valence-electron chi connectivity index (χ2n) is 4.84. The van der Waals surface area contributed by atoms with Gasteiger partial charge in [0.2, 0.25) is 0 Å². The zero-order valence-electron chi connectivity index (χ0n) is 10.8. The van der Waals surface area contributed by atoms with E-state index >= 15 is 0 Å². The van der Waals surface area contributed by atoms with E-state index < -0.39 is 0 Å². The quantitative estimate of drug-likeness (QED) is 0.426. The highest BCUT2D eigenvalue weighted by molar-refractivity contribution is 14.1. The van der Waals surface area contributed by atoms with E-state index in [0.29, 0.717) is 6.04 Å². The van der Waals surface area contributed by atoms with Crippen molar-refractivity contribution in [3.63, 3.8) is 0 Å². The molecule has 0 aliphatic carbocycles. The van der Waals surface area contributed by atoms with Gasteiger partial charge in [-0.05, 0) is 38.3 Å². The zero-order valence-corrected chi connectivity index (χ0v) is 12.9. The van der Waals surface area contributed by atoms with E-state index in [1.165, 1.54) is 5.56 Å². The Kier molecular flexibility index (Phi) is 5.37. The van der Waals surface area contributed by atoms with Gasteiger partial charge in [-0.2, -0.15) is 0 Å². The first-order valence-corrected chi connectivity index (χ1v) is 6.91. The van der Waals surface area contributed by atoms with E-state index in [4.69, 9.17) is 0 Å². The topological polar surface area (TPSA) is 12.4 Å². The van der Waals surface area contributed by atoms with Gasteiger partial charge in [-0.15, -0.1) is 0 Å². The Morgan fingerprint density at radius 1 is 1.41 bits per heavy atom. The molecule has 0 aromatic heterocycles. The summed E-state index contributed by atoms with van der Waals surface area (Å²) in [6, 6.07) is 10.7. The molecule has 1 rings (SSSR count). The summed E-state index contributed by atoms with van der Waals surface area (Å²) >= 11 is 2.43. The fourth-order valence-corrected chi connectivity index (χ4v) is 1.46. The predicted octanol–water partition coefficient (Wildman–Crippen LogP) is 4.46. The third-order valence-electron chi connectivity index (χ3n) is 2.75. The molecule has 1 aromatic carbocycles. The summed E-state index contributed by atoms with van der Waals surface area (Å²) in [4.78, 5) is 4.56. The van der Waals surface area contributed by atoms with Crippen LogP contribution in [0.3, 0.4) is 0 Å². The van der Waals surface area contributed by atoms with Crippen molar-refractivity contribution < 1.29 is 0 Å². The molecule has 17 heavy (non-hydrogen) atoms. The lowest BCUT2D eigenvalue weighted by Crippen LogP contribution is -2.24. The van der Waals surface area contributed by atoms with Crippen LogP contribution < -0.4 is 0 Å². The molecule has 0 radical (unpaired) electrons. The lowest BCUT2D eigenvalue weighted by molar-refractivity contribution is 0.608. The van der Waals surface area contributed by atoms with Crippen molar-refractivity contribution in [2.24, 2.45) is 4.99 Å². The molecule has 0 aliphatic heterocycles. The minimum atomic E-state index is 0.182. The highest BCUT2D eigenvalue weighted by Crippen LogP contribution is 2.23. The Labute approximate surface area is 118 Å². The number of allylic oxidation sites excluding steroid dienone is 1. The summed E-state index contributed by atoms with van der Waals surface area (Å²) in [7, 11) is 0. The van der Waals surface area contributed by atoms with Gasteiger partial charge in [0, 0.05) is 9.64 Å². The van der Waals surface area contributed by atoms with Gasteiger partial charge in [0.15, 0.2) is 0 Å². The Bertz CT molecular complexity index is 387. The van der Waals surface area contributed by atoms with Crippen LogP contribution in [0.1, 0.15) is 26.3 Å². The second-order valence-corrected chi connectivity index (χ2v) is 7.62. The first-order chi connectivity index (χ1) is 7.89. The molecule has 1 atom stereocenters. The summed E-state index contributed by atoms with van der Waals surface area (Å²) < 4.78 is 0.182. The average Bonchev–Trinajstić information content (AvgIpc) is 2.26. The summed E-state index contributed by atoms with van der Waals surface area (Å²) in [6.07, 6.45) is 2.79. The minimum Gasteiger partial charge on any atom is -0.289 e. The third-order valence-corrected chi connectivity index (χ3v) is 3.65. The zero-order chi connectivity index (χ0) is 12.9. The molecule has 0 aliphatic rings. The first kappa shape index (κ1) is 14.4. The second kappa shape index (κ2) is 6.34. The van der Waals surface area contributed by atoms with E-state index in [0.717, 1.165) is 12.0 Å². The molecule has 1 nitrogen and oxygen atoms in total. The summed E-state index contributed by atoms with van der Waals surface area (Å²) in [6.45, 7) is 10.6. The largest absolute Gasteiger partial charge is 0.289 e. The highest BCUT2D eigenvalue weighted by atomic mass is 127. The number of hydrogen-bond acceptors (Lipinski definition) is 1. The molecule has 0 unspecified atom stereocenters. The minimum absolute atomic E-state index is 0.182. The van der Waals surface area contributed by atoms with E-state index in [-0.39, 0.29) is 3.42 Å². The van der Waals surface area contributed by atoms with Crippen molar-refractivity contribution in [2.75, 3.05) is 0 Å². The fourth-order valence-electron chi connectivity index (χ4n) is 1.30. The maximum absolute atomic E-state index is 4.56. The molecule has 0 saturated heterocycles. The summed E-state index contributed by atoms with van der Waals surface area (Å²) in [5.74, 6) is 0. The van der Waals surface area contributed by atoms with Crippen LogP contribution in [-0.4, -0.2) is 15.7 Å². The molecule has 0 saturated carbocycles. The summed E-state index contributed by atoms with van der Waals surface area (Å²) in [5, 5.41) is 0. The smallest absolute Gasteiger partial charge is 0.0611 e. The number of halogens is 1. The van der Waals surface area contributed by atoms with E-state index in [1.54, 1.807) is 0 Å². The highest BCUT2D eigenvalue weighted by Gasteiger charge is 2.20. The van der Waals surface area contributed by atoms with Crippen LogP contribution in [0.5, 0.6) is 0 Å². The lowest BCUT2D eigenvalue weighted by atomic mass is 10.1. The van der Waals surface area contributed by atoms with Crippen LogP contribution in [0.15, 0.2) is 47.5 Å². The molecular weight excluding hydrogens is 321 g/mol. The molecule has 0 spiro atoms. The van der Waals surface area contributed by atoms with E-state index in [1.807, 2.05) is 12.3 Å². The van der Waals surface area contributed by atoms with Crippen molar-refractivity contribution in [2.45, 2.75) is 36.7 Å². The van der Waals surface area contributed by atoms with Crippen LogP contribution >= 0.6 is 22.6 Å². The van der Waals surface area contributed by atoms with Crippen LogP contribution in [0.25, 0.3) is 0 Å². The monoisotopic (exact) mass is 341 g/mol. The molecule has 0 N–H and O–H groups in total. The van der Waals surface area contributed by atoms with Crippen LogP contribution in [0.2, 0.25) is 0 Å². The molecule has 92 valence electrons. The van der Waals surface area contributed by atoms with Crippen molar-refractivity contribution in [1.82, 2.24) is 0 Å². The Hall–Kier alpha value is -0.640. The number of hydrogen-bond donors (Lipinski definition) is 0. The van der Waals surface area contributed by atoms with Gasteiger partial charge in [0.1, 0.15) is 0 Å². The molecular formula is C15H20IN. The number of benzene rings is 1. The van der Waals surface area contributed by atoms with Gasteiger partial charge in [-0.3, -0.25) is 4.99 Å². The maximum Gasteiger partial charge on any atom is 0.0611 e. The van der Waals surface area contributed by atoms with Gasteiger partial charge in [0.05, 0.1) is 6.04 Å². The molecule has 0 fully saturated rings. The van der Waals surface area contributed by atoms with Crippen molar-refractivity contribution in [1.29, 1.82) is 0 Å². The maximum atomic E-state index is 4.56. The molecule has 0 bridgehead atoms. The summed E-state index contributed by atoms with van der Waals surface area (Å²) in [5.41, 5.74) is 2.34. The molecule has 0 heterocycles. The fraction of sp³-hybridized carbons (Fsp3) is 0.400. The lowest BCUT2D eigenvalue weighted by Gasteiger charge is -2.21. The first-order valence-electron chi connectivity index (χ1n) is 5.83. The normalized spacial score (nSPS) is 13.9. The van der Waals surface area contributed by atoms with Gasteiger partial charge in [0.25, 0.3) is 0 Å². The van der Waals surface area contributed by atoms with Gasteiger partial charge >= 0.3 is 0 Å². The van der Waals surface area contributed by atoms with Gasteiger partial charge < -0.3 is 0 Å². The number of nitrogens with zero attached hydrogens (tertiary/aromatic N) is 1. The molecule has 2 heteroatoms. The Balaban J connectivity index is 2.53. The number of alkyl halides is 1. The van der Waals surface area contributed by atoms with Crippen molar-refractivity contribution in [3.8, 4) is 0 Å². The Morgan fingerprint density at radius 3 is 2.53 bits per heavy atom. The standard InChI is InChI=1S/C15H20IN/c1-12(10-14-8-6-5-7-9-14)11-17-13(2)15(3,4)16/h5-9,11,13H,1,10H2,2-4H3/t13-/m1/s1. The third kappa shape index (κ3) is 5.48. The van der Waals surface area contributed by atoms with Crippen LogP contribution in [-0.2, 0) is 6.42 Å². The Morgan fingerprint density at radius 2 is 2.00 bits per heavy atom. The number of rotatable bonds is 5. The van der Waals surface area contributed by atoms with Gasteiger partial charge in [-0.1, -0.05) is 59.5 Å². The molecule has 0 amide bonds. The van der Waals surface area contributed by atoms with E-state index in [9.17, 15) is 0 Å². The van der Waals surface area contributed by atoms with Crippen molar-refractivity contribution >= 4 is 28.8 Å². The average molecular weight is 341 g/mol. The predicted molar refractivity (Wildman–Crippen MR) is 85.3 cm³/mol. The molecule has 1 aromatic rings.